The molecule has 11 heteroatoms. The lowest BCUT2D eigenvalue weighted by Gasteiger charge is -2.34. The first-order valence-corrected chi connectivity index (χ1v) is 17.6. The normalized spacial score (nSPS) is 13.9. The largest absolute Gasteiger partial charge is 0.497 e. The molecule has 1 saturated carbocycles. The number of carbonyl (C=O) groups excluding carboxylic acids is 2. The van der Waals surface area contributed by atoms with Gasteiger partial charge in [-0.25, -0.2) is 8.42 Å². The monoisotopic (exact) mass is 693 g/mol. The smallest absolute Gasteiger partial charge is 0.264 e. The predicted octanol–water partition coefficient (Wildman–Crippen LogP) is 6.90. The van der Waals surface area contributed by atoms with Crippen molar-refractivity contribution in [2.45, 2.75) is 55.6 Å². The Morgan fingerprint density at radius 1 is 0.851 bits per heavy atom. The summed E-state index contributed by atoms with van der Waals surface area (Å²) in [5.41, 5.74) is 1.70. The zero-order valence-corrected chi connectivity index (χ0v) is 28.3. The summed E-state index contributed by atoms with van der Waals surface area (Å²) < 4.78 is 34.7. The molecule has 0 radical (unpaired) electrons. The Hall–Kier alpha value is -4.05. The number of amides is 2. The lowest BCUT2D eigenvalue weighted by Crippen LogP contribution is -2.54. The standard InChI is InChI=1S/C36H37Cl2N3O5S/c1-46-32-16-10-13-27(19-32)24-40(34(20-26-11-4-2-5-12-26)36(43)39-30-14-8-9-15-30)35(42)25-41(31-22-28(37)21-29(38)23-31)47(44,45)33-17-6-3-7-18-33/h2-7,10-13,16-19,21-23,30,34H,8-9,14-15,20,24-25H2,1H3,(H,39,43)/t34-/m0/s1. The van der Waals surface area contributed by atoms with Crippen molar-refractivity contribution in [2.24, 2.45) is 0 Å². The van der Waals surface area contributed by atoms with Crippen LogP contribution in [0.2, 0.25) is 10.0 Å². The fourth-order valence-electron chi connectivity index (χ4n) is 5.82. The van der Waals surface area contributed by atoms with Crippen LogP contribution in [0.1, 0.15) is 36.8 Å². The van der Waals surface area contributed by atoms with Crippen LogP contribution < -0.4 is 14.4 Å². The third kappa shape index (κ3) is 8.86. The molecule has 0 aromatic heterocycles. The Labute approximate surface area is 286 Å². The molecule has 1 aliphatic rings. The van der Waals surface area contributed by atoms with Crippen LogP contribution in [0.3, 0.4) is 0 Å². The van der Waals surface area contributed by atoms with Crippen LogP contribution in [-0.2, 0) is 32.6 Å². The van der Waals surface area contributed by atoms with Crippen molar-refractivity contribution in [3.63, 3.8) is 0 Å². The summed E-state index contributed by atoms with van der Waals surface area (Å²) in [6.07, 6.45) is 4.01. The molecular formula is C36H37Cl2N3O5S. The lowest BCUT2D eigenvalue weighted by molar-refractivity contribution is -0.140. The number of sulfonamides is 1. The van der Waals surface area contributed by atoms with E-state index in [2.05, 4.69) is 5.32 Å². The molecule has 0 aliphatic heterocycles. The summed E-state index contributed by atoms with van der Waals surface area (Å²) >= 11 is 12.6. The van der Waals surface area contributed by atoms with Gasteiger partial charge in [0.15, 0.2) is 0 Å². The van der Waals surface area contributed by atoms with E-state index in [0.717, 1.165) is 35.6 Å². The number of carbonyl (C=O) groups is 2. The van der Waals surface area contributed by atoms with Crippen molar-refractivity contribution >= 4 is 50.7 Å². The molecule has 1 N–H and O–H groups in total. The molecule has 1 fully saturated rings. The number of methoxy groups -OCH3 is 1. The van der Waals surface area contributed by atoms with Crippen LogP contribution in [0.25, 0.3) is 0 Å². The second-order valence-corrected chi connectivity index (χ2v) is 14.3. The molecule has 0 saturated heterocycles. The van der Waals surface area contributed by atoms with Crippen molar-refractivity contribution in [2.75, 3.05) is 18.0 Å². The van der Waals surface area contributed by atoms with Crippen molar-refractivity contribution in [3.05, 3.63) is 124 Å². The van der Waals surface area contributed by atoms with E-state index in [1.807, 2.05) is 42.5 Å². The Balaban J connectivity index is 1.59. The van der Waals surface area contributed by atoms with Gasteiger partial charge in [0.05, 0.1) is 17.7 Å². The fourth-order valence-corrected chi connectivity index (χ4v) is 7.75. The topological polar surface area (TPSA) is 96.0 Å². The van der Waals surface area contributed by atoms with Gasteiger partial charge in [-0.15, -0.1) is 0 Å². The van der Waals surface area contributed by atoms with Gasteiger partial charge in [-0.3, -0.25) is 13.9 Å². The highest BCUT2D eigenvalue weighted by molar-refractivity contribution is 7.92. The maximum atomic E-state index is 14.6. The minimum absolute atomic E-state index is 0.0111. The number of nitrogens with zero attached hydrogens (tertiary/aromatic N) is 2. The van der Waals surface area contributed by atoms with Crippen molar-refractivity contribution in [3.8, 4) is 5.75 Å². The lowest BCUT2D eigenvalue weighted by atomic mass is 10.0. The first-order chi connectivity index (χ1) is 22.6. The zero-order valence-electron chi connectivity index (χ0n) is 26.0. The molecule has 0 unspecified atom stereocenters. The average molecular weight is 695 g/mol. The van der Waals surface area contributed by atoms with Crippen molar-refractivity contribution in [1.82, 2.24) is 10.2 Å². The predicted molar refractivity (Wildman–Crippen MR) is 185 cm³/mol. The molecule has 8 nitrogen and oxygen atoms in total. The van der Waals surface area contributed by atoms with E-state index in [1.54, 1.807) is 37.4 Å². The van der Waals surface area contributed by atoms with Crippen LogP contribution in [0.4, 0.5) is 5.69 Å². The van der Waals surface area contributed by atoms with Gasteiger partial charge in [-0.05, 0) is 66.4 Å². The van der Waals surface area contributed by atoms with Crippen LogP contribution in [0.15, 0.2) is 108 Å². The van der Waals surface area contributed by atoms with Crippen molar-refractivity contribution in [1.29, 1.82) is 0 Å². The number of hydrogen-bond donors (Lipinski definition) is 1. The fraction of sp³-hybridized carbons (Fsp3) is 0.278. The first kappa shape index (κ1) is 34.3. The number of ether oxygens (including phenoxy) is 1. The highest BCUT2D eigenvalue weighted by Gasteiger charge is 2.35. The van der Waals surface area contributed by atoms with Crippen LogP contribution in [0, 0.1) is 0 Å². The highest BCUT2D eigenvalue weighted by Crippen LogP contribution is 2.30. The van der Waals surface area contributed by atoms with Crippen molar-refractivity contribution < 1.29 is 22.7 Å². The number of benzene rings is 4. The molecule has 1 aliphatic carbocycles. The molecule has 0 heterocycles. The molecular weight excluding hydrogens is 657 g/mol. The van der Waals surface area contributed by atoms with Gasteiger partial charge in [-0.1, -0.05) is 96.7 Å². The summed E-state index contributed by atoms with van der Waals surface area (Å²) in [7, 11) is -2.72. The maximum Gasteiger partial charge on any atom is 0.264 e. The summed E-state index contributed by atoms with van der Waals surface area (Å²) in [6, 6.07) is 28.0. The molecule has 2 amide bonds. The maximum absolute atomic E-state index is 14.6. The summed E-state index contributed by atoms with van der Waals surface area (Å²) in [5, 5.41) is 3.59. The Morgan fingerprint density at radius 3 is 2.11 bits per heavy atom. The zero-order chi connectivity index (χ0) is 33.4. The van der Waals surface area contributed by atoms with E-state index >= 15 is 0 Å². The quantitative estimate of drug-likeness (QED) is 0.164. The van der Waals surface area contributed by atoms with Gasteiger partial charge < -0.3 is 15.0 Å². The second-order valence-electron chi connectivity index (χ2n) is 11.5. The van der Waals surface area contributed by atoms with E-state index in [9.17, 15) is 18.0 Å². The van der Waals surface area contributed by atoms with E-state index < -0.39 is 28.5 Å². The van der Waals surface area contributed by atoms with Gasteiger partial charge in [0.2, 0.25) is 11.8 Å². The van der Waals surface area contributed by atoms with Gasteiger partial charge >= 0.3 is 0 Å². The average Bonchev–Trinajstić information content (AvgIpc) is 3.58. The molecule has 246 valence electrons. The molecule has 4 aromatic carbocycles. The van der Waals surface area contributed by atoms with Crippen LogP contribution >= 0.6 is 23.2 Å². The first-order valence-electron chi connectivity index (χ1n) is 15.4. The Kier molecular flexibility index (Phi) is 11.4. The second kappa shape index (κ2) is 15.7. The van der Waals surface area contributed by atoms with Gasteiger partial charge in [0.1, 0.15) is 18.3 Å². The van der Waals surface area contributed by atoms with Gasteiger partial charge in [0.25, 0.3) is 10.0 Å². The van der Waals surface area contributed by atoms with E-state index in [0.29, 0.717) is 11.3 Å². The van der Waals surface area contributed by atoms with E-state index in [1.165, 1.54) is 35.2 Å². The molecule has 0 spiro atoms. The summed E-state index contributed by atoms with van der Waals surface area (Å²) in [5.74, 6) is -0.280. The number of nitrogens with one attached hydrogen (secondary N) is 1. The molecule has 5 rings (SSSR count). The molecule has 1 atom stereocenters. The van der Waals surface area contributed by atoms with Crippen LogP contribution in [0.5, 0.6) is 5.75 Å². The van der Waals surface area contributed by atoms with Gasteiger partial charge in [0, 0.05) is 29.1 Å². The molecule has 47 heavy (non-hydrogen) atoms. The summed E-state index contributed by atoms with van der Waals surface area (Å²) in [6.45, 7) is -0.582. The highest BCUT2D eigenvalue weighted by atomic mass is 35.5. The number of anilines is 1. The summed E-state index contributed by atoms with van der Waals surface area (Å²) in [4.78, 5) is 30.2. The Morgan fingerprint density at radius 2 is 1.47 bits per heavy atom. The molecule has 4 aromatic rings. The number of halogens is 2. The van der Waals surface area contributed by atoms with Gasteiger partial charge in [-0.2, -0.15) is 0 Å². The van der Waals surface area contributed by atoms with Crippen LogP contribution in [-0.4, -0.2) is 50.9 Å². The number of rotatable bonds is 13. The minimum Gasteiger partial charge on any atom is -0.497 e. The minimum atomic E-state index is -4.28. The third-order valence-corrected chi connectivity index (χ3v) is 10.4. The molecule has 0 bridgehead atoms. The third-order valence-electron chi connectivity index (χ3n) is 8.21. The van der Waals surface area contributed by atoms with E-state index in [4.69, 9.17) is 27.9 Å². The number of hydrogen-bond acceptors (Lipinski definition) is 5. The Bertz CT molecular complexity index is 1760. The SMILES string of the molecule is COc1cccc(CN(C(=O)CN(c2cc(Cl)cc(Cl)c2)S(=O)(=O)c2ccccc2)[C@@H](Cc2ccccc2)C(=O)NC2CCCC2)c1. The van der Waals surface area contributed by atoms with E-state index in [-0.39, 0.29) is 45.5 Å².